The highest BCUT2D eigenvalue weighted by Crippen LogP contribution is 2.33. The van der Waals surface area contributed by atoms with Crippen LogP contribution in [-0.4, -0.2) is 113 Å². The highest BCUT2D eigenvalue weighted by atomic mass is 35.5. The van der Waals surface area contributed by atoms with Gasteiger partial charge in [-0.3, -0.25) is 9.59 Å². The van der Waals surface area contributed by atoms with Crippen LogP contribution in [0, 0.1) is 0 Å². The van der Waals surface area contributed by atoms with E-state index in [0.717, 1.165) is 116 Å². The Morgan fingerprint density at radius 2 is 1.08 bits per heavy atom. The molecule has 4 aromatic carbocycles. The summed E-state index contributed by atoms with van der Waals surface area (Å²) >= 11 is 12.3. The molecule has 10 rings (SSSR count). The molecule has 0 aliphatic carbocycles. The second-order valence-corrected chi connectivity index (χ2v) is 20.6. The Labute approximate surface area is 424 Å². The number of fused-ring (bicyclic) bond motifs is 4. The molecule has 1 N–H and O–H groups in total. The molecule has 71 heavy (non-hydrogen) atoms. The minimum absolute atomic E-state index is 0.0183. The quantitative estimate of drug-likeness (QED) is 0.126. The molecule has 376 valence electrons. The van der Waals surface area contributed by atoms with Gasteiger partial charge in [0.2, 0.25) is 0 Å². The lowest BCUT2D eigenvalue weighted by Gasteiger charge is -2.39. The van der Waals surface area contributed by atoms with Crippen molar-refractivity contribution >= 4 is 51.1 Å². The fraction of sp³-hybridized carbons (Fsp3) is 0.436. The maximum Gasteiger partial charge on any atom is 0.410 e. The molecule has 2 saturated heterocycles. The SMILES string of the molecule is CC(C)(C)OC(=O)N(Cc1ccc2c(c1)OCCO2)C1CCN(CCn2c(=O)ccc3cc(Cl)ccc32)CC1.O=c1ccc2cc(Cl)ccc2n1CCN1CCC(NCc2ccc3c(c2)OCCO3)CC1. The fourth-order valence-electron chi connectivity index (χ4n) is 9.81. The Kier molecular flexibility index (Phi) is 16.1. The molecule has 0 spiro atoms. The predicted octanol–water partition coefficient (Wildman–Crippen LogP) is 9.01. The van der Waals surface area contributed by atoms with E-state index in [9.17, 15) is 14.4 Å². The lowest BCUT2D eigenvalue weighted by atomic mass is 10.0. The van der Waals surface area contributed by atoms with Crippen LogP contribution in [0.3, 0.4) is 0 Å². The summed E-state index contributed by atoms with van der Waals surface area (Å²) in [6, 6.07) is 30.8. The van der Waals surface area contributed by atoms with Crippen molar-refractivity contribution in [2.24, 2.45) is 0 Å². The number of hydrogen-bond donors (Lipinski definition) is 1. The van der Waals surface area contributed by atoms with Crippen LogP contribution in [0.2, 0.25) is 10.0 Å². The number of piperidine rings is 2. The molecule has 4 aliphatic rings. The van der Waals surface area contributed by atoms with Crippen LogP contribution in [0.25, 0.3) is 21.8 Å². The predicted molar refractivity (Wildman–Crippen MR) is 279 cm³/mol. The summed E-state index contributed by atoms with van der Waals surface area (Å²) in [7, 11) is 0. The number of ether oxygens (including phenoxy) is 5. The van der Waals surface area contributed by atoms with Gasteiger partial charge in [0.05, 0.1) is 11.0 Å². The summed E-state index contributed by atoms with van der Waals surface area (Å²) in [5.41, 5.74) is 3.45. The monoisotopic (exact) mass is 1010 g/mol. The topological polar surface area (TPSA) is 129 Å². The molecule has 14 nitrogen and oxygen atoms in total. The first-order valence-corrected chi connectivity index (χ1v) is 25.6. The number of likely N-dealkylation sites (tertiary alicyclic amines) is 2. The van der Waals surface area contributed by atoms with E-state index < -0.39 is 5.60 Å². The number of rotatable bonds is 12. The maximum atomic E-state index is 13.3. The summed E-state index contributed by atoms with van der Waals surface area (Å²) in [5, 5.41) is 6.98. The molecule has 0 bridgehead atoms. The van der Waals surface area contributed by atoms with Gasteiger partial charge in [0.25, 0.3) is 11.1 Å². The highest BCUT2D eigenvalue weighted by Gasteiger charge is 2.32. The van der Waals surface area contributed by atoms with Gasteiger partial charge in [-0.15, -0.1) is 0 Å². The number of hydrogen-bond acceptors (Lipinski definition) is 11. The van der Waals surface area contributed by atoms with E-state index in [2.05, 4.69) is 27.2 Å². The van der Waals surface area contributed by atoms with Gasteiger partial charge in [-0.05, 0) is 154 Å². The summed E-state index contributed by atoms with van der Waals surface area (Å²) in [5.74, 6) is 3.12. The van der Waals surface area contributed by atoms with Gasteiger partial charge in [-0.2, -0.15) is 0 Å². The lowest BCUT2D eigenvalue weighted by molar-refractivity contribution is 0.00562. The number of pyridine rings is 2. The van der Waals surface area contributed by atoms with Gasteiger partial charge >= 0.3 is 6.09 Å². The van der Waals surface area contributed by atoms with Crippen LogP contribution in [-0.2, 0) is 30.9 Å². The van der Waals surface area contributed by atoms with E-state index in [1.54, 1.807) is 12.1 Å². The first-order valence-electron chi connectivity index (χ1n) is 24.8. The molecular formula is C55H64Cl2N6O8. The van der Waals surface area contributed by atoms with Crippen LogP contribution >= 0.6 is 23.2 Å². The van der Waals surface area contributed by atoms with Crippen LogP contribution < -0.4 is 35.4 Å². The van der Waals surface area contributed by atoms with Gasteiger partial charge in [-0.25, -0.2) is 4.79 Å². The fourth-order valence-corrected chi connectivity index (χ4v) is 10.2. The highest BCUT2D eigenvalue weighted by molar-refractivity contribution is 6.31. The molecule has 2 aromatic heterocycles. The van der Waals surface area contributed by atoms with Crippen molar-refractivity contribution in [2.75, 3.05) is 65.7 Å². The van der Waals surface area contributed by atoms with Crippen LogP contribution in [0.1, 0.15) is 57.6 Å². The summed E-state index contributed by atoms with van der Waals surface area (Å²) in [6.07, 6.45) is 3.54. The number of benzene rings is 4. The number of nitrogens with zero attached hydrogens (tertiary/aromatic N) is 5. The van der Waals surface area contributed by atoms with Crippen molar-refractivity contribution < 1.29 is 28.5 Å². The number of aromatic nitrogens is 2. The molecule has 6 aromatic rings. The molecular weight excluding hydrogens is 944 g/mol. The Morgan fingerprint density at radius 3 is 1.61 bits per heavy atom. The van der Waals surface area contributed by atoms with Crippen molar-refractivity contribution in [3.63, 3.8) is 0 Å². The summed E-state index contributed by atoms with van der Waals surface area (Å²) < 4.78 is 32.2. The molecule has 1 amide bonds. The molecule has 0 radical (unpaired) electrons. The van der Waals surface area contributed by atoms with E-state index in [4.69, 9.17) is 46.9 Å². The van der Waals surface area contributed by atoms with E-state index >= 15 is 0 Å². The van der Waals surface area contributed by atoms with Gasteiger partial charge in [0.1, 0.15) is 32.0 Å². The number of carbonyl (C=O) groups excluding carboxylic acids is 1. The molecule has 4 aliphatic heterocycles. The van der Waals surface area contributed by atoms with E-state index in [0.29, 0.717) is 67.9 Å². The van der Waals surface area contributed by atoms with Gasteiger partial charge in [0.15, 0.2) is 23.0 Å². The molecule has 6 heterocycles. The van der Waals surface area contributed by atoms with Gasteiger partial charge < -0.3 is 52.8 Å². The van der Waals surface area contributed by atoms with Crippen molar-refractivity contribution in [2.45, 2.75) is 90.3 Å². The molecule has 0 saturated carbocycles. The normalized spacial score (nSPS) is 16.6. The van der Waals surface area contributed by atoms with E-state index in [1.807, 2.05) is 108 Å². The lowest BCUT2D eigenvalue weighted by Crippen LogP contribution is -2.49. The van der Waals surface area contributed by atoms with Crippen molar-refractivity contribution in [3.8, 4) is 23.0 Å². The summed E-state index contributed by atoms with van der Waals surface area (Å²) in [6.45, 7) is 15.8. The Bertz CT molecular complexity index is 2940. The van der Waals surface area contributed by atoms with Crippen LogP contribution in [0.4, 0.5) is 4.79 Å². The smallest absolute Gasteiger partial charge is 0.410 e. The Morgan fingerprint density at radius 1 is 0.606 bits per heavy atom. The molecule has 0 unspecified atom stereocenters. The number of nitrogens with one attached hydrogen (secondary N) is 1. The van der Waals surface area contributed by atoms with Crippen molar-refractivity contribution in [1.29, 1.82) is 0 Å². The zero-order valence-electron chi connectivity index (χ0n) is 40.9. The average Bonchev–Trinajstić information content (AvgIpc) is 3.37. The number of amides is 1. The third kappa shape index (κ3) is 13.0. The third-order valence-corrected chi connectivity index (χ3v) is 14.0. The minimum Gasteiger partial charge on any atom is -0.486 e. The second kappa shape index (κ2) is 22.8. The first kappa shape index (κ1) is 50.2. The standard InChI is InChI=1S/C30H36ClN3O5.C25H28ClN3O3/c1-30(2,3)39-29(36)34(20-21-4-8-26-27(18-21)38-17-16-37-26)24-10-12-32(13-11-24)14-15-33-25-7-6-23(31)19-22(25)5-9-28(33)35;26-20-3-4-22-19(16-20)2-6-25(30)29(22)12-11-28-9-7-21(8-10-28)27-17-18-1-5-23-24(15-18)32-14-13-31-23/h4-9,18-19,24H,10-17,20H2,1-3H3;1-6,15-16,21,27H,7-14,17H2. The van der Waals surface area contributed by atoms with Gasteiger partial charge in [0, 0.05) is 86.6 Å². The largest absolute Gasteiger partial charge is 0.486 e. The average molecular weight is 1010 g/mol. The first-order chi connectivity index (χ1) is 34.3. The van der Waals surface area contributed by atoms with E-state index in [1.165, 1.54) is 5.56 Å². The third-order valence-electron chi connectivity index (χ3n) is 13.6. The van der Waals surface area contributed by atoms with Crippen molar-refractivity contribution in [1.82, 2.24) is 29.2 Å². The zero-order valence-corrected chi connectivity index (χ0v) is 42.4. The maximum absolute atomic E-state index is 13.3. The van der Waals surface area contributed by atoms with Gasteiger partial charge in [-0.1, -0.05) is 35.3 Å². The molecule has 2 fully saturated rings. The Hall–Kier alpha value is -5.77. The number of halogens is 2. The number of carbonyl (C=O) groups is 1. The Balaban J connectivity index is 0.000000179. The van der Waals surface area contributed by atoms with E-state index in [-0.39, 0.29) is 23.3 Å². The van der Waals surface area contributed by atoms with Crippen molar-refractivity contribution in [3.05, 3.63) is 139 Å². The zero-order chi connectivity index (χ0) is 49.5. The molecule has 16 heteroatoms. The second-order valence-electron chi connectivity index (χ2n) is 19.7. The summed E-state index contributed by atoms with van der Waals surface area (Å²) in [4.78, 5) is 45.0. The molecule has 0 atom stereocenters. The van der Waals surface area contributed by atoms with Crippen LogP contribution in [0.15, 0.2) is 107 Å². The van der Waals surface area contributed by atoms with Crippen LogP contribution in [0.5, 0.6) is 23.0 Å². The minimum atomic E-state index is -0.585.